The molecule has 0 aliphatic rings. The topological polar surface area (TPSA) is 99.1 Å². The molecule has 0 aliphatic heterocycles. The monoisotopic (exact) mass is 841 g/mol. The minimum atomic E-state index is -0.884. The third-order valence-corrected chi connectivity index (χ3v) is 10.5. The molecule has 0 aromatic rings. The maximum atomic E-state index is 12.7. The Labute approximate surface area is 368 Å². The van der Waals surface area contributed by atoms with Gasteiger partial charge in [-0.05, 0) is 32.1 Å². The minimum absolute atomic E-state index is 0.0409. The number of unbranched alkanes of at least 4 members (excludes halogenated alkanes) is 21. The van der Waals surface area contributed by atoms with Crippen LogP contribution in [0.3, 0.4) is 0 Å². The van der Waals surface area contributed by atoms with Gasteiger partial charge in [0.25, 0.3) is 0 Å². The summed E-state index contributed by atoms with van der Waals surface area (Å²) in [6.07, 6.45) is 53.8. The zero-order valence-corrected chi connectivity index (χ0v) is 39.1. The van der Waals surface area contributed by atoms with Gasteiger partial charge in [0.1, 0.15) is 6.61 Å². The Hall–Kier alpha value is -3.23. The summed E-state index contributed by atoms with van der Waals surface area (Å²) in [4.78, 5) is 37.1. The Kier molecular flexibility index (Phi) is 40.2. The number of carbonyl (C=O) groups excluding carboxylic acids is 2. The zero-order chi connectivity index (χ0) is 44.2. The molecule has 0 rings (SSSR count). The molecule has 0 saturated heterocycles. The molecule has 2 unspecified atom stereocenters. The number of carboxylic acids is 1. The first-order valence-electron chi connectivity index (χ1n) is 24.1. The van der Waals surface area contributed by atoms with Crippen molar-refractivity contribution in [1.82, 2.24) is 0 Å². The van der Waals surface area contributed by atoms with E-state index in [2.05, 4.69) is 26.0 Å². The molecule has 8 nitrogen and oxygen atoms in total. The molecule has 60 heavy (non-hydrogen) atoms. The number of carboxylic acid groups (broad SMARTS) is 1. The van der Waals surface area contributed by atoms with Gasteiger partial charge in [0, 0.05) is 19.3 Å². The molecule has 0 aromatic carbocycles. The minimum Gasteiger partial charge on any atom is -0.477 e. The van der Waals surface area contributed by atoms with Crippen LogP contribution < -0.4 is 0 Å². The third kappa shape index (κ3) is 40.2. The van der Waals surface area contributed by atoms with Gasteiger partial charge >= 0.3 is 17.9 Å². The molecule has 0 radical (unpaired) electrons. The Morgan fingerprint density at radius 3 is 1.38 bits per heavy atom. The van der Waals surface area contributed by atoms with Gasteiger partial charge in [-0.1, -0.05) is 209 Å². The van der Waals surface area contributed by atoms with Crippen molar-refractivity contribution in [3.05, 3.63) is 72.9 Å². The lowest BCUT2D eigenvalue weighted by atomic mass is 10.0. The molecule has 0 aromatic heterocycles. The lowest BCUT2D eigenvalue weighted by molar-refractivity contribution is -0.887. The summed E-state index contributed by atoms with van der Waals surface area (Å²) >= 11 is 0. The number of hydrogen-bond acceptors (Lipinski definition) is 6. The van der Waals surface area contributed by atoms with Crippen LogP contribution in [0.2, 0.25) is 0 Å². The van der Waals surface area contributed by atoms with Crippen LogP contribution >= 0.6 is 0 Å². The number of rotatable bonds is 42. The van der Waals surface area contributed by atoms with Crippen molar-refractivity contribution in [2.24, 2.45) is 0 Å². The lowest BCUT2D eigenvalue weighted by Crippen LogP contribution is -2.50. The molecule has 2 atom stereocenters. The molecule has 0 spiro atoms. The molecule has 8 heteroatoms. The normalized spacial score (nSPS) is 13.6. The standard InChI is InChI=1S/C52H89NO7/c1-6-8-10-12-14-16-18-20-22-24-25-27-28-30-32-34-36-38-40-42-50(54)59-47-48(46-58-45-44-49(52(56)57)53(3,4)5)60-51(55)43-41-39-37-35-33-31-29-26-23-21-19-17-15-13-11-9-7-2/h9,11,13,15,17,19,21,23,26,29,31,33,48-49H,6-8,10,12,14,16,18,20,22,24-25,27-28,30,32,34-47H2,1-5H3/p+1/b11-9+,15-13+,19-17+,23-21+,29-26+,33-31+. The van der Waals surface area contributed by atoms with Gasteiger partial charge in [-0.25, -0.2) is 4.79 Å². The van der Waals surface area contributed by atoms with E-state index in [1.54, 1.807) is 0 Å². The molecule has 0 heterocycles. The van der Waals surface area contributed by atoms with Crippen molar-refractivity contribution in [3.63, 3.8) is 0 Å². The summed E-state index contributed by atoms with van der Waals surface area (Å²) in [6.45, 7) is 4.55. The number of nitrogens with zero attached hydrogens (tertiary/aromatic N) is 1. The van der Waals surface area contributed by atoms with Gasteiger partial charge in [-0.15, -0.1) is 0 Å². The Bertz CT molecular complexity index is 1210. The van der Waals surface area contributed by atoms with Gasteiger partial charge in [-0.2, -0.15) is 0 Å². The second kappa shape index (κ2) is 42.5. The van der Waals surface area contributed by atoms with Crippen molar-refractivity contribution >= 4 is 17.9 Å². The van der Waals surface area contributed by atoms with E-state index in [0.29, 0.717) is 19.3 Å². The zero-order valence-electron chi connectivity index (χ0n) is 39.1. The van der Waals surface area contributed by atoms with E-state index in [9.17, 15) is 19.5 Å². The summed E-state index contributed by atoms with van der Waals surface area (Å²) in [5, 5.41) is 9.64. The third-order valence-electron chi connectivity index (χ3n) is 10.5. The van der Waals surface area contributed by atoms with E-state index in [1.807, 2.05) is 81.9 Å². The largest absolute Gasteiger partial charge is 0.477 e. The molecule has 344 valence electrons. The molecule has 1 N–H and O–H groups in total. The lowest BCUT2D eigenvalue weighted by Gasteiger charge is -2.31. The summed E-state index contributed by atoms with van der Waals surface area (Å²) in [7, 11) is 5.51. The number of quaternary nitrogens is 1. The summed E-state index contributed by atoms with van der Waals surface area (Å²) in [5.74, 6) is -1.52. The Balaban J connectivity index is 4.36. The number of esters is 2. The number of ether oxygens (including phenoxy) is 3. The average Bonchev–Trinajstić information content (AvgIpc) is 3.21. The molecular weight excluding hydrogens is 751 g/mol. The summed E-state index contributed by atoms with van der Waals surface area (Å²) < 4.78 is 17.3. The van der Waals surface area contributed by atoms with Gasteiger partial charge < -0.3 is 23.8 Å². The first kappa shape index (κ1) is 56.8. The van der Waals surface area contributed by atoms with Crippen molar-refractivity contribution in [3.8, 4) is 0 Å². The molecular formula is C52H90NO7+. The smallest absolute Gasteiger partial charge is 0.362 e. The van der Waals surface area contributed by atoms with Gasteiger partial charge in [-0.3, -0.25) is 9.59 Å². The fraction of sp³-hybridized carbons (Fsp3) is 0.712. The predicted octanol–water partition coefficient (Wildman–Crippen LogP) is 13.5. The van der Waals surface area contributed by atoms with E-state index >= 15 is 0 Å². The molecule has 0 aliphatic carbocycles. The van der Waals surface area contributed by atoms with Crippen molar-refractivity contribution in [2.45, 2.75) is 199 Å². The maximum Gasteiger partial charge on any atom is 0.362 e. The molecule has 0 amide bonds. The van der Waals surface area contributed by atoms with E-state index in [1.165, 1.54) is 103 Å². The summed E-state index contributed by atoms with van der Waals surface area (Å²) in [6, 6.07) is -0.626. The highest BCUT2D eigenvalue weighted by Crippen LogP contribution is 2.16. The first-order chi connectivity index (χ1) is 29.1. The van der Waals surface area contributed by atoms with Crippen LogP contribution in [0.25, 0.3) is 0 Å². The molecule has 0 fully saturated rings. The fourth-order valence-corrected chi connectivity index (χ4v) is 6.83. The number of aliphatic carboxylic acids is 1. The fourth-order valence-electron chi connectivity index (χ4n) is 6.83. The highest BCUT2D eigenvalue weighted by Gasteiger charge is 2.31. The van der Waals surface area contributed by atoms with Crippen LogP contribution in [0, 0.1) is 0 Å². The Morgan fingerprint density at radius 1 is 0.517 bits per heavy atom. The van der Waals surface area contributed by atoms with Crippen LogP contribution in [0.4, 0.5) is 0 Å². The van der Waals surface area contributed by atoms with E-state index < -0.39 is 18.1 Å². The van der Waals surface area contributed by atoms with Crippen LogP contribution in [-0.2, 0) is 28.6 Å². The average molecular weight is 841 g/mol. The van der Waals surface area contributed by atoms with E-state index in [-0.39, 0.29) is 42.7 Å². The predicted molar refractivity (Wildman–Crippen MR) is 252 cm³/mol. The number of likely N-dealkylation sites (N-methyl/N-ethyl adjacent to an activating group) is 1. The number of carbonyl (C=O) groups is 3. The highest BCUT2D eigenvalue weighted by molar-refractivity contribution is 5.72. The Morgan fingerprint density at radius 2 is 0.933 bits per heavy atom. The molecule has 0 saturated carbocycles. The number of hydrogen-bond donors (Lipinski definition) is 1. The van der Waals surface area contributed by atoms with Gasteiger partial charge in [0.15, 0.2) is 12.1 Å². The van der Waals surface area contributed by atoms with Crippen molar-refractivity contribution < 1.29 is 38.2 Å². The highest BCUT2D eigenvalue weighted by atomic mass is 16.6. The van der Waals surface area contributed by atoms with Crippen LogP contribution in [0.5, 0.6) is 0 Å². The van der Waals surface area contributed by atoms with Gasteiger partial charge in [0.05, 0.1) is 34.4 Å². The maximum absolute atomic E-state index is 12.7. The van der Waals surface area contributed by atoms with Gasteiger partial charge in [0.2, 0.25) is 0 Å². The first-order valence-corrected chi connectivity index (χ1v) is 24.1. The number of allylic oxidation sites excluding steroid dienone is 12. The van der Waals surface area contributed by atoms with E-state index in [0.717, 1.165) is 44.9 Å². The quantitative estimate of drug-likeness (QED) is 0.0283. The van der Waals surface area contributed by atoms with Crippen LogP contribution in [-0.4, -0.2) is 80.6 Å². The van der Waals surface area contributed by atoms with Crippen LogP contribution in [0.15, 0.2) is 72.9 Å². The van der Waals surface area contributed by atoms with Crippen molar-refractivity contribution in [2.75, 3.05) is 41.0 Å². The summed E-state index contributed by atoms with van der Waals surface area (Å²) in [5.41, 5.74) is 0. The second-order valence-corrected chi connectivity index (χ2v) is 17.1. The van der Waals surface area contributed by atoms with Crippen molar-refractivity contribution in [1.29, 1.82) is 0 Å². The van der Waals surface area contributed by atoms with E-state index in [4.69, 9.17) is 14.2 Å². The molecule has 0 bridgehead atoms. The SMILES string of the molecule is CC/C=C/C=C/C=C/C=C/C=C/C=C/CCCCCC(=O)OC(COCCC(C(=O)O)[N+](C)(C)C)COC(=O)CCCCCCCCCCCCCCCCCCCCC. The van der Waals surface area contributed by atoms with Crippen LogP contribution in [0.1, 0.15) is 187 Å². The second-order valence-electron chi connectivity index (χ2n) is 17.1.